The van der Waals surface area contributed by atoms with Gasteiger partial charge in [-0.3, -0.25) is 0 Å². The monoisotopic (exact) mass is 233 g/mol. The van der Waals surface area contributed by atoms with E-state index < -0.39 is 19.8 Å². The van der Waals surface area contributed by atoms with Gasteiger partial charge in [-0.05, 0) is 0 Å². The van der Waals surface area contributed by atoms with Crippen molar-refractivity contribution in [1.29, 1.82) is 0 Å². The minimum absolute atomic E-state index is 0.946. The van der Waals surface area contributed by atoms with Crippen molar-refractivity contribution >= 4 is 34.0 Å². The Labute approximate surface area is 61.3 Å². The topological polar surface area (TPSA) is 0 Å². The third-order valence-corrected chi connectivity index (χ3v) is 8.73. The predicted molar refractivity (Wildman–Crippen MR) is 41.4 cm³/mol. The summed E-state index contributed by atoms with van der Waals surface area (Å²) in [6, 6.07) is 4.41. The normalized spacial score (nSPS) is 9.25. The van der Waals surface area contributed by atoms with Crippen LogP contribution >= 0.6 is 11.3 Å². The summed E-state index contributed by atoms with van der Waals surface area (Å²) in [4.78, 5) is 4.82. The van der Waals surface area contributed by atoms with Crippen LogP contribution in [0.25, 0.3) is 0 Å². The van der Waals surface area contributed by atoms with Gasteiger partial charge in [-0.2, -0.15) is 0 Å². The van der Waals surface area contributed by atoms with Crippen molar-refractivity contribution in [3.05, 3.63) is 17.5 Å². The van der Waals surface area contributed by atoms with Crippen molar-refractivity contribution in [3.63, 3.8) is 0 Å². The Morgan fingerprint density at radius 2 is 2.25 bits per heavy atom. The average molecular weight is 232 g/mol. The summed E-state index contributed by atoms with van der Waals surface area (Å²) >= 11 is 0.972. The van der Waals surface area contributed by atoms with Crippen LogP contribution in [0.1, 0.15) is 0 Å². The molecular formula is C6H9SSn+. The van der Waals surface area contributed by atoms with Crippen LogP contribution in [0.2, 0.25) is 9.88 Å². The molecule has 0 aliphatic carbocycles. The van der Waals surface area contributed by atoms with Crippen molar-refractivity contribution in [1.82, 2.24) is 0 Å². The summed E-state index contributed by atoms with van der Waals surface area (Å²) < 4.78 is 1.67. The van der Waals surface area contributed by atoms with Crippen LogP contribution in [0.15, 0.2) is 17.5 Å². The van der Waals surface area contributed by atoms with Crippen molar-refractivity contribution < 1.29 is 0 Å². The quantitative estimate of drug-likeness (QED) is 0.646. The first kappa shape index (κ1) is 6.62. The Morgan fingerprint density at radius 1 is 1.50 bits per heavy atom. The fraction of sp³-hybridized carbons (Fsp3) is 0.333. The van der Waals surface area contributed by atoms with Crippen LogP contribution in [-0.4, -0.2) is 19.8 Å². The van der Waals surface area contributed by atoms with E-state index in [9.17, 15) is 0 Å². The van der Waals surface area contributed by atoms with E-state index in [0.717, 1.165) is 0 Å². The summed E-state index contributed by atoms with van der Waals surface area (Å²) in [6.07, 6.45) is 0. The van der Waals surface area contributed by atoms with Crippen molar-refractivity contribution in [3.8, 4) is 0 Å². The van der Waals surface area contributed by atoms with Gasteiger partial charge in [-0.15, -0.1) is 0 Å². The SMILES string of the molecule is [CH3][Sn+]([CH3])[c]1cccs1. The molecule has 0 saturated carbocycles. The van der Waals surface area contributed by atoms with Gasteiger partial charge in [0.25, 0.3) is 0 Å². The third kappa shape index (κ3) is 1.49. The molecule has 0 radical (unpaired) electrons. The maximum atomic E-state index is 2.41. The first-order valence-corrected chi connectivity index (χ1v) is 10.7. The zero-order chi connectivity index (χ0) is 5.98. The van der Waals surface area contributed by atoms with Crippen LogP contribution in [0, 0.1) is 0 Å². The van der Waals surface area contributed by atoms with Crippen molar-refractivity contribution in [2.24, 2.45) is 0 Å². The average Bonchev–Trinajstić information content (AvgIpc) is 2.12. The van der Waals surface area contributed by atoms with E-state index in [1.54, 1.807) is 2.89 Å². The van der Waals surface area contributed by atoms with E-state index in [0.29, 0.717) is 0 Å². The number of thiophene rings is 1. The summed E-state index contributed by atoms with van der Waals surface area (Å²) in [5, 5.41) is 2.17. The number of rotatable bonds is 1. The molecule has 42 valence electrons. The second-order valence-electron chi connectivity index (χ2n) is 1.98. The van der Waals surface area contributed by atoms with Crippen LogP contribution < -0.4 is 2.89 Å². The van der Waals surface area contributed by atoms with Gasteiger partial charge < -0.3 is 0 Å². The molecule has 0 fully saturated rings. The second-order valence-corrected chi connectivity index (χ2v) is 11.2. The van der Waals surface area contributed by atoms with Gasteiger partial charge in [0, 0.05) is 0 Å². The van der Waals surface area contributed by atoms with Gasteiger partial charge >= 0.3 is 61.4 Å². The molecule has 0 unspecified atom stereocenters. The molecule has 0 N–H and O–H groups in total. The molecule has 1 aromatic rings. The van der Waals surface area contributed by atoms with E-state index >= 15 is 0 Å². The molecule has 1 aromatic heterocycles. The van der Waals surface area contributed by atoms with Crippen LogP contribution in [0.3, 0.4) is 0 Å². The molecule has 2 heteroatoms. The molecule has 1 heterocycles. The Hall–Kier alpha value is 0.499. The van der Waals surface area contributed by atoms with E-state index in [4.69, 9.17) is 0 Å². The third-order valence-electron chi connectivity index (χ3n) is 1.01. The second kappa shape index (κ2) is 2.87. The molecule has 8 heavy (non-hydrogen) atoms. The molecule has 0 amide bonds. The fourth-order valence-electron chi connectivity index (χ4n) is 0.563. The van der Waals surface area contributed by atoms with Crippen LogP contribution in [0.5, 0.6) is 0 Å². The minimum atomic E-state index is -0.946. The van der Waals surface area contributed by atoms with Gasteiger partial charge in [0.2, 0.25) is 0 Å². The zero-order valence-corrected chi connectivity index (χ0v) is 8.81. The van der Waals surface area contributed by atoms with E-state index in [1.165, 1.54) is 0 Å². The fourth-order valence-corrected chi connectivity index (χ4v) is 5.09. The zero-order valence-electron chi connectivity index (χ0n) is 5.14. The van der Waals surface area contributed by atoms with E-state index in [2.05, 4.69) is 27.4 Å². The van der Waals surface area contributed by atoms with Crippen molar-refractivity contribution in [2.75, 3.05) is 0 Å². The van der Waals surface area contributed by atoms with Crippen LogP contribution in [-0.2, 0) is 0 Å². The first-order chi connectivity index (χ1) is 3.80. The molecule has 1 rings (SSSR count). The summed E-state index contributed by atoms with van der Waals surface area (Å²) in [5.74, 6) is 0. The molecular weight excluding hydrogens is 223 g/mol. The molecule has 0 saturated heterocycles. The van der Waals surface area contributed by atoms with Gasteiger partial charge in [0.05, 0.1) is 0 Å². The molecule has 0 aliphatic heterocycles. The van der Waals surface area contributed by atoms with Crippen LogP contribution in [0.4, 0.5) is 0 Å². The maximum absolute atomic E-state index is 2.41. The molecule has 0 aliphatic rings. The predicted octanol–water partition coefficient (Wildman–Crippen LogP) is 1.71. The number of hydrogen-bond donors (Lipinski definition) is 0. The van der Waals surface area contributed by atoms with Crippen molar-refractivity contribution in [2.45, 2.75) is 9.88 Å². The number of hydrogen-bond acceptors (Lipinski definition) is 1. The van der Waals surface area contributed by atoms with Gasteiger partial charge in [0.1, 0.15) is 0 Å². The summed E-state index contributed by atoms with van der Waals surface area (Å²) in [5.41, 5.74) is 0. The Balaban J connectivity index is 2.77. The Bertz CT molecular complexity index is 144. The first-order valence-electron chi connectivity index (χ1n) is 2.65. The van der Waals surface area contributed by atoms with E-state index in [1.807, 2.05) is 11.3 Å². The Kier molecular flexibility index (Phi) is 2.38. The van der Waals surface area contributed by atoms with E-state index in [-0.39, 0.29) is 0 Å². The summed E-state index contributed by atoms with van der Waals surface area (Å²) in [7, 11) is 0. The Morgan fingerprint density at radius 3 is 2.50 bits per heavy atom. The molecule has 0 nitrogen and oxygen atoms in total. The van der Waals surface area contributed by atoms with Gasteiger partial charge in [-0.1, -0.05) is 0 Å². The summed E-state index contributed by atoms with van der Waals surface area (Å²) in [6.45, 7) is 0. The standard InChI is InChI=1S/C4H3S.2CH3.Sn/c1-2-4-5-3-1;;;/h1-3H;2*1H3;/q;;;+1. The molecule has 0 spiro atoms. The van der Waals surface area contributed by atoms with Gasteiger partial charge in [0.15, 0.2) is 0 Å². The molecule has 0 atom stereocenters. The molecule has 0 aromatic carbocycles. The molecule has 0 bridgehead atoms. The van der Waals surface area contributed by atoms with Gasteiger partial charge in [-0.25, -0.2) is 0 Å².